The van der Waals surface area contributed by atoms with Crippen LogP contribution >= 0.6 is 0 Å². The van der Waals surface area contributed by atoms with Crippen LogP contribution in [0.2, 0.25) is 0 Å². The number of ether oxygens (including phenoxy) is 1. The third-order valence-corrected chi connectivity index (χ3v) is 6.70. The van der Waals surface area contributed by atoms with Gasteiger partial charge < -0.3 is 4.74 Å². The van der Waals surface area contributed by atoms with Crippen LogP contribution in [-0.4, -0.2) is 11.7 Å². The van der Waals surface area contributed by atoms with Gasteiger partial charge in [0.05, 0.1) is 19.7 Å². The molecule has 33 heavy (non-hydrogen) atoms. The van der Waals surface area contributed by atoms with E-state index in [2.05, 4.69) is 120 Å². The van der Waals surface area contributed by atoms with E-state index in [1.807, 2.05) is 0 Å². The number of aryl methyl sites for hydroxylation is 2. The van der Waals surface area contributed by atoms with Gasteiger partial charge in [0.15, 0.2) is 11.0 Å². The molecule has 6 rings (SSSR count). The van der Waals surface area contributed by atoms with Crippen molar-refractivity contribution >= 4 is 32.6 Å². The molecule has 0 radical (unpaired) electrons. The molecule has 0 atom stereocenters. The van der Waals surface area contributed by atoms with E-state index in [-0.39, 0.29) is 0 Å². The molecule has 0 bridgehead atoms. The highest BCUT2D eigenvalue weighted by Gasteiger charge is 2.30. The van der Waals surface area contributed by atoms with Gasteiger partial charge in [-0.15, -0.1) is 0 Å². The van der Waals surface area contributed by atoms with E-state index in [1.54, 1.807) is 7.11 Å². The molecule has 0 unspecified atom stereocenters. The molecular formula is C30H25N2O+. The van der Waals surface area contributed by atoms with E-state index >= 15 is 0 Å². The first kappa shape index (κ1) is 19.6. The Morgan fingerprint density at radius 1 is 0.697 bits per heavy atom. The van der Waals surface area contributed by atoms with Gasteiger partial charge in [-0.05, 0) is 60.2 Å². The van der Waals surface area contributed by atoms with Crippen LogP contribution in [0.1, 0.15) is 5.56 Å². The zero-order valence-corrected chi connectivity index (χ0v) is 19.0. The normalized spacial score (nSPS) is 11.5. The Labute approximate surface area is 193 Å². The minimum absolute atomic E-state index is 0.910. The SMILES string of the molecule is COc1ccc2c3ccccc3c3c(c2c1C)[n+](C)c(-c1ccccc1)n3-c1ccccc1. The highest BCUT2D eigenvalue weighted by molar-refractivity contribution is 6.24. The van der Waals surface area contributed by atoms with Crippen molar-refractivity contribution in [2.75, 3.05) is 7.11 Å². The van der Waals surface area contributed by atoms with Gasteiger partial charge in [-0.3, -0.25) is 0 Å². The number of para-hydroxylation sites is 1. The van der Waals surface area contributed by atoms with E-state index in [0.717, 1.165) is 22.8 Å². The lowest BCUT2D eigenvalue weighted by molar-refractivity contribution is -0.633. The quantitative estimate of drug-likeness (QED) is 0.225. The molecule has 0 spiro atoms. The van der Waals surface area contributed by atoms with E-state index in [1.165, 1.54) is 38.1 Å². The highest BCUT2D eigenvalue weighted by Crippen LogP contribution is 2.41. The predicted molar refractivity (Wildman–Crippen MR) is 136 cm³/mol. The maximum Gasteiger partial charge on any atom is 0.294 e. The Bertz CT molecular complexity index is 1650. The molecule has 0 fully saturated rings. The maximum absolute atomic E-state index is 5.74. The lowest BCUT2D eigenvalue weighted by atomic mass is 9.96. The van der Waals surface area contributed by atoms with Crippen molar-refractivity contribution in [3.8, 4) is 22.8 Å². The Morgan fingerprint density at radius 3 is 2.03 bits per heavy atom. The highest BCUT2D eigenvalue weighted by atomic mass is 16.5. The third kappa shape index (κ3) is 2.79. The summed E-state index contributed by atoms with van der Waals surface area (Å²) in [6, 6.07) is 34.3. The van der Waals surface area contributed by atoms with Crippen molar-refractivity contribution in [1.82, 2.24) is 4.57 Å². The van der Waals surface area contributed by atoms with Crippen LogP contribution in [-0.2, 0) is 7.05 Å². The number of benzene rings is 5. The zero-order chi connectivity index (χ0) is 22.5. The molecule has 0 N–H and O–H groups in total. The number of imidazole rings is 1. The molecule has 0 aliphatic heterocycles. The first-order valence-corrected chi connectivity index (χ1v) is 11.2. The van der Waals surface area contributed by atoms with E-state index in [0.29, 0.717) is 0 Å². The molecule has 1 heterocycles. The molecule has 3 heteroatoms. The van der Waals surface area contributed by atoms with Crippen molar-refractivity contribution < 1.29 is 9.30 Å². The van der Waals surface area contributed by atoms with Gasteiger partial charge in [-0.2, -0.15) is 4.57 Å². The third-order valence-electron chi connectivity index (χ3n) is 6.70. The number of fused-ring (bicyclic) bond motifs is 6. The summed E-state index contributed by atoms with van der Waals surface area (Å²) >= 11 is 0. The minimum Gasteiger partial charge on any atom is -0.496 e. The van der Waals surface area contributed by atoms with Gasteiger partial charge >= 0.3 is 0 Å². The summed E-state index contributed by atoms with van der Waals surface area (Å²) in [6.07, 6.45) is 0. The van der Waals surface area contributed by atoms with Crippen LogP contribution in [0, 0.1) is 6.92 Å². The molecule has 0 saturated heterocycles. The van der Waals surface area contributed by atoms with Crippen molar-refractivity contribution in [2.45, 2.75) is 6.92 Å². The van der Waals surface area contributed by atoms with E-state index in [4.69, 9.17) is 4.74 Å². The zero-order valence-electron chi connectivity index (χ0n) is 19.0. The van der Waals surface area contributed by atoms with Gasteiger partial charge in [0.1, 0.15) is 11.4 Å². The average molecular weight is 430 g/mol. The van der Waals surface area contributed by atoms with Crippen molar-refractivity contribution in [1.29, 1.82) is 0 Å². The molecule has 0 saturated carbocycles. The number of methoxy groups -OCH3 is 1. The molecule has 5 aromatic carbocycles. The monoisotopic (exact) mass is 429 g/mol. The fraction of sp³-hybridized carbons (Fsp3) is 0.100. The van der Waals surface area contributed by atoms with Gasteiger partial charge in [-0.25, -0.2) is 4.57 Å². The van der Waals surface area contributed by atoms with Crippen molar-refractivity contribution in [3.05, 3.63) is 103 Å². The van der Waals surface area contributed by atoms with Crippen LogP contribution in [0.5, 0.6) is 5.75 Å². The first-order chi connectivity index (χ1) is 16.2. The van der Waals surface area contributed by atoms with Crippen LogP contribution in [0.4, 0.5) is 0 Å². The number of nitrogens with zero attached hydrogens (tertiary/aromatic N) is 2. The lowest BCUT2D eigenvalue weighted by Gasteiger charge is -2.11. The largest absolute Gasteiger partial charge is 0.496 e. The maximum atomic E-state index is 5.74. The molecule has 0 amide bonds. The summed E-state index contributed by atoms with van der Waals surface area (Å²) in [5, 5.41) is 4.97. The number of aromatic nitrogens is 2. The average Bonchev–Trinajstić information content (AvgIpc) is 3.18. The Kier molecular flexibility index (Phi) is 4.44. The number of hydrogen-bond acceptors (Lipinski definition) is 1. The summed E-state index contributed by atoms with van der Waals surface area (Å²) in [7, 11) is 3.92. The van der Waals surface area contributed by atoms with Gasteiger partial charge in [0.25, 0.3) is 5.82 Å². The summed E-state index contributed by atoms with van der Waals surface area (Å²) in [6.45, 7) is 2.16. The second kappa shape index (κ2) is 7.49. The fourth-order valence-corrected chi connectivity index (χ4v) is 5.27. The second-order valence-corrected chi connectivity index (χ2v) is 8.48. The topological polar surface area (TPSA) is 18.0 Å². The predicted octanol–water partition coefficient (Wildman–Crippen LogP) is 6.75. The van der Waals surface area contributed by atoms with Gasteiger partial charge in [-0.1, -0.05) is 54.6 Å². The smallest absolute Gasteiger partial charge is 0.294 e. The molecule has 3 nitrogen and oxygen atoms in total. The number of rotatable bonds is 3. The Hall–Kier alpha value is -4.11. The molecule has 1 aromatic heterocycles. The van der Waals surface area contributed by atoms with Gasteiger partial charge in [0, 0.05) is 16.3 Å². The molecule has 160 valence electrons. The second-order valence-electron chi connectivity index (χ2n) is 8.48. The summed E-state index contributed by atoms with van der Waals surface area (Å²) in [5.74, 6) is 2.06. The van der Waals surface area contributed by atoms with Crippen LogP contribution in [0.15, 0.2) is 97.1 Å². The van der Waals surface area contributed by atoms with E-state index < -0.39 is 0 Å². The molecular weight excluding hydrogens is 404 g/mol. The van der Waals surface area contributed by atoms with Crippen LogP contribution in [0.3, 0.4) is 0 Å². The Balaban J connectivity index is 1.96. The van der Waals surface area contributed by atoms with Crippen molar-refractivity contribution in [3.63, 3.8) is 0 Å². The summed E-state index contributed by atoms with van der Waals surface area (Å²) < 4.78 is 10.5. The fourth-order valence-electron chi connectivity index (χ4n) is 5.27. The van der Waals surface area contributed by atoms with Crippen LogP contribution in [0.25, 0.3) is 49.7 Å². The summed E-state index contributed by atoms with van der Waals surface area (Å²) in [4.78, 5) is 0. The van der Waals surface area contributed by atoms with E-state index in [9.17, 15) is 0 Å². The molecule has 6 aromatic rings. The standard InChI is InChI=1S/C30H25N2O/c1-20-26(33-3)19-18-24-23-16-10-11-17-25(23)28-29(27(20)24)31(2)30(21-12-6-4-7-13-21)32(28)22-14-8-5-9-15-22/h4-19H,1-3H3/q+1. The van der Waals surface area contributed by atoms with Gasteiger partial charge in [0.2, 0.25) is 0 Å². The van der Waals surface area contributed by atoms with Crippen LogP contribution < -0.4 is 9.30 Å². The lowest BCUT2D eigenvalue weighted by Crippen LogP contribution is -2.30. The summed E-state index contributed by atoms with van der Waals surface area (Å²) in [5.41, 5.74) is 5.90. The molecule has 0 aliphatic rings. The van der Waals surface area contributed by atoms with Crippen molar-refractivity contribution in [2.24, 2.45) is 7.05 Å². The Morgan fingerprint density at radius 2 is 1.33 bits per heavy atom. The first-order valence-electron chi connectivity index (χ1n) is 11.2. The minimum atomic E-state index is 0.910. The number of hydrogen-bond donors (Lipinski definition) is 0. The molecule has 0 aliphatic carbocycles.